The van der Waals surface area contributed by atoms with Crippen molar-refractivity contribution < 1.29 is 9.47 Å². The third-order valence-corrected chi connectivity index (χ3v) is 5.28. The molecule has 2 aromatic rings. The quantitative estimate of drug-likeness (QED) is 0.556. The zero-order valence-electron chi connectivity index (χ0n) is 17.3. The molecule has 0 bridgehead atoms. The number of nitrogens with two attached hydrogens (primary N) is 1. The van der Waals surface area contributed by atoms with Crippen molar-refractivity contribution in [3.8, 4) is 12.0 Å². The fourth-order valence-corrected chi connectivity index (χ4v) is 3.68. The van der Waals surface area contributed by atoms with Gasteiger partial charge in [0.25, 0.3) is 6.01 Å². The molecule has 8 nitrogen and oxygen atoms in total. The standard InChI is InChI=1S/C20H34N6O2/c1-3-4-15-28-19-23-17(21)16-18(24-19)26(20(22-16)27-2)14-8-6-5-7-11-25-12-9-10-13-25/h3-15H2,1-2H3,(H2,21,23,24). The van der Waals surface area contributed by atoms with E-state index in [0.29, 0.717) is 35.6 Å². The highest BCUT2D eigenvalue weighted by atomic mass is 16.5. The fraction of sp³-hybridized carbons (Fsp3) is 0.750. The Balaban J connectivity index is 1.58. The zero-order valence-corrected chi connectivity index (χ0v) is 17.3. The third-order valence-electron chi connectivity index (χ3n) is 5.28. The lowest BCUT2D eigenvalue weighted by Crippen LogP contribution is -2.20. The summed E-state index contributed by atoms with van der Waals surface area (Å²) in [6, 6.07) is 0.839. The number of aryl methyl sites for hydroxylation is 1. The van der Waals surface area contributed by atoms with Crippen molar-refractivity contribution in [1.82, 2.24) is 24.4 Å². The van der Waals surface area contributed by atoms with E-state index in [1.54, 1.807) is 7.11 Å². The van der Waals surface area contributed by atoms with Gasteiger partial charge >= 0.3 is 6.01 Å². The lowest BCUT2D eigenvalue weighted by Gasteiger charge is -2.14. The topological polar surface area (TPSA) is 91.3 Å². The summed E-state index contributed by atoms with van der Waals surface area (Å²) in [6.45, 7) is 7.30. The van der Waals surface area contributed by atoms with Gasteiger partial charge in [-0.2, -0.15) is 15.0 Å². The normalized spacial score (nSPS) is 14.8. The number of hydrogen-bond donors (Lipinski definition) is 1. The van der Waals surface area contributed by atoms with Crippen LogP contribution in [0.15, 0.2) is 0 Å². The molecule has 156 valence electrons. The van der Waals surface area contributed by atoms with Crippen LogP contribution in [0.25, 0.3) is 11.2 Å². The first-order valence-corrected chi connectivity index (χ1v) is 10.7. The lowest BCUT2D eigenvalue weighted by molar-refractivity contribution is 0.286. The van der Waals surface area contributed by atoms with Gasteiger partial charge in [0.05, 0.1) is 13.7 Å². The monoisotopic (exact) mass is 390 g/mol. The Morgan fingerprint density at radius 3 is 2.43 bits per heavy atom. The van der Waals surface area contributed by atoms with Crippen LogP contribution >= 0.6 is 0 Å². The molecular formula is C20H34N6O2. The van der Waals surface area contributed by atoms with Crippen LogP contribution in [0.2, 0.25) is 0 Å². The molecule has 0 aliphatic carbocycles. The second kappa shape index (κ2) is 10.5. The van der Waals surface area contributed by atoms with Crippen LogP contribution in [0.4, 0.5) is 5.82 Å². The molecule has 0 radical (unpaired) electrons. The number of methoxy groups -OCH3 is 1. The largest absolute Gasteiger partial charge is 0.468 e. The Morgan fingerprint density at radius 2 is 1.71 bits per heavy atom. The van der Waals surface area contributed by atoms with Crippen molar-refractivity contribution in [1.29, 1.82) is 0 Å². The summed E-state index contributed by atoms with van der Waals surface area (Å²) in [5.41, 5.74) is 7.35. The van der Waals surface area contributed by atoms with Gasteiger partial charge in [-0.15, -0.1) is 0 Å². The van der Waals surface area contributed by atoms with E-state index in [1.807, 2.05) is 4.57 Å². The summed E-state index contributed by atoms with van der Waals surface area (Å²) in [5, 5.41) is 0. The van der Waals surface area contributed by atoms with Crippen LogP contribution in [0.1, 0.15) is 58.3 Å². The number of nitrogen functional groups attached to an aromatic ring is 1. The van der Waals surface area contributed by atoms with Gasteiger partial charge in [0.15, 0.2) is 17.0 Å². The molecule has 0 atom stereocenters. The molecule has 0 unspecified atom stereocenters. The Hall–Kier alpha value is -2.09. The van der Waals surface area contributed by atoms with Crippen LogP contribution in [0.5, 0.6) is 12.0 Å². The van der Waals surface area contributed by atoms with Gasteiger partial charge in [-0.25, -0.2) is 0 Å². The second-order valence-electron chi connectivity index (χ2n) is 7.48. The average molecular weight is 391 g/mol. The maximum Gasteiger partial charge on any atom is 0.320 e. The molecule has 1 aliphatic rings. The van der Waals surface area contributed by atoms with E-state index < -0.39 is 0 Å². The van der Waals surface area contributed by atoms with Crippen molar-refractivity contribution in [2.75, 3.05) is 39.1 Å². The van der Waals surface area contributed by atoms with Crippen LogP contribution in [0.3, 0.4) is 0 Å². The van der Waals surface area contributed by atoms with E-state index >= 15 is 0 Å². The summed E-state index contributed by atoms with van der Waals surface area (Å²) < 4.78 is 13.1. The number of ether oxygens (including phenoxy) is 2. The Morgan fingerprint density at radius 1 is 0.964 bits per heavy atom. The van der Waals surface area contributed by atoms with Gasteiger partial charge in [0, 0.05) is 6.54 Å². The number of likely N-dealkylation sites (tertiary alicyclic amines) is 1. The second-order valence-corrected chi connectivity index (χ2v) is 7.48. The first kappa shape index (κ1) is 20.6. The van der Waals surface area contributed by atoms with E-state index in [0.717, 1.165) is 25.8 Å². The zero-order chi connectivity index (χ0) is 19.8. The third kappa shape index (κ3) is 5.25. The summed E-state index contributed by atoms with van der Waals surface area (Å²) in [4.78, 5) is 15.8. The predicted octanol–water partition coefficient (Wildman–Crippen LogP) is 3.25. The van der Waals surface area contributed by atoms with Crippen LogP contribution in [0, 0.1) is 0 Å². The number of nitrogens with zero attached hydrogens (tertiary/aromatic N) is 5. The summed E-state index contributed by atoms with van der Waals surface area (Å²) in [7, 11) is 1.62. The van der Waals surface area contributed by atoms with Gasteiger partial charge in [-0.3, -0.25) is 4.57 Å². The van der Waals surface area contributed by atoms with Crippen LogP contribution in [-0.4, -0.2) is 57.8 Å². The summed E-state index contributed by atoms with van der Waals surface area (Å²) >= 11 is 0. The molecule has 3 heterocycles. The smallest absolute Gasteiger partial charge is 0.320 e. The SMILES string of the molecule is CCCCOc1nc(N)c2nc(OC)n(CCCCCCN3CCCC3)c2n1. The minimum Gasteiger partial charge on any atom is -0.468 e. The van der Waals surface area contributed by atoms with E-state index in [9.17, 15) is 0 Å². The van der Waals surface area contributed by atoms with Crippen molar-refractivity contribution in [3.05, 3.63) is 0 Å². The van der Waals surface area contributed by atoms with Crippen LogP contribution in [-0.2, 0) is 6.54 Å². The van der Waals surface area contributed by atoms with Gasteiger partial charge < -0.3 is 20.1 Å². The molecular weight excluding hydrogens is 356 g/mol. The van der Waals surface area contributed by atoms with Crippen molar-refractivity contribution in [2.24, 2.45) is 0 Å². The molecule has 0 amide bonds. The molecule has 1 saturated heterocycles. The molecule has 3 rings (SSSR count). The number of fused-ring (bicyclic) bond motifs is 1. The number of rotatable bonds is 12. The van der Waals surface area contributed by atoms with Crippen LogP contribution < -0.4 is 15.2 Å². The van der Waals surface area contributed by atoms with E-state index in [1.165, 1.54) is 51.7 Å². The maximum absolute atomic E-state index is 6.09. The number of anilines is 1. The number of imidazole rings is 1. The predicted molar refractivity (Wildman–Crippen MR) is 111 cm³/mol. The maximum atomic E-state index is 6.09. The molecule has 8 heteroatoms. The number of unbranched alkanes of at least 4 members (excludes halogenated alkanes) is 4. The molecule has 2 aromatic heterocycles. The lowest BCUT2D eigenvalue weighted by atomic mass is 10.2. The first-order chi connectivity index (χ1) is 13.7. The van der Waals surface area contributed by atoms with Gasteiger partial charge in [-0.1, -0.05) is 26.2 Å². The fourth-order valence-electron chi connectivity index (χ4n) is 3.68. The van der Waals surface area contributed by atoms with Gasteiger partial charge in [0.2, 0.25) is 0 Å². The summed E-state index contributed by atoms with van der Waals surface area (Å²) in [6.07, 6.45) is 9.49. The van der Waals surface area contributed by atoms with Crippen molar-refractivity contribution in [3.63, 3.8) is 0 Å². The molecule has 1 aliphatic heterocycles. The highest BCUT2D eigenvalue weighted by molar-refractivity contribution is 5.83. The van der Waals surface area contributed by atoms with Crippen molar-refractivity contribution >= 4 is 17.0 Å². The van der Waals surface area contributed by atoms with E-state index in [2.05, 4.69) is 26.8 Å². The number of hydrogen-bond acceptors (Lipinski definition) is 7. The minimum absolute atomic E-state index is 0.313. The van der Waals surface area contributed by atoms with Crippen molar-refractivity contribution in [2.45, 2.75) is 64.8 Å². The molecule has 0 spiro atoms. The van der Waals surface area contributed by atoms with E-state index in [-0.39, 0.29) is 0 Å². The minimum atomic E-state index is 0.313. The highest BCUT2D eigenvalue weighted by Gasteiger charge is 2.17. The molecule has 28 heavy (non-hydrogen) atoms. The Labute approximate surface area is 167 Å². The molecule has 0 aromatic carbocycles. The average Bonchev–Trinajstić information content (AvgIpc) is 3.33. The summed E-state index contributed by atoms with van der Waals surface area (Å²) in [5.74, 6) is 0.333. The molecule has 0 saturated carbocycles. The highest BCUT2D eigenvalue weighted by Crippen LogP contribution is 2.26. The van der Waals surface area contributed by atoms with Gasteiger partial charge in [0.1, 0.15) is 0 Å². The van der Waals surface area contributed by atoms with Gasteiger partial charge in [-0.05, 0) is 51.7 Å². The number of aromatic nitrogens is 4. The first-order valence-electron chi connectivity index (χ1n) is 10.7. The molecule has 1 fully saturated rings. The molecule has 2 N–H and O–H groups in total. The Bertz CT molecular complexity index is 742. The Kier molecular flexibility index (Phi) is 7.71. The van der Waals surface area contributed by atoms with E-state index in [4.69, 9.17) is 15.2 Å².